The van der Waals surface area contributed by atoms with E-state index in [2.05, 4.69) is 15.1 Å². The summed E-state index contributed by atoms with van der Waals surface area (Å²) in [6.45, 7) is 7.86. The zero-order valence-corrected chi connectivity index (χ0v) is 18.5. The van der Waals surface area contributed by atoms with Crippen molar-refractivity contribution >= 4 is 27.4 Å². The van der Waals surface area contributed by atoms with Crippen LogP contribution in [-0.4, -0.2) is 24.1 Å². The molecule has 0 radical (unpaired) electrons. The predicted octanol–water partition coefficient (Wildman–Crippen LogP) is 4.08. The van der Waals surface area contributed by atoms with Crippen LogP contribution in [0.4, 0.5) is 11.5 Å². The molecule has 0 fully saturated rings. The van der Waals surface area contributed by atoms with Gasteiger partial charge >= 0.3 is 0 Å². The lowest BCUT2D eigenvalue weighted by molar-refractivity contribution is 0.102. The van der Waals surface area contributed by atoms with Crippen LogP contribution in [0.1, 0.15) is 42.3 Å². The number of anilines is 2. The van der Waals surface area contributed by atoms with Crippen LogP contribution < -0.4 is 10.0 Å². The molecular weight excluding hydrogens is 400 g/mol. The third kappa shape index (κ3) is 4.88. The van der Waals surface area contributed by atoms with Crippen molar-refractivity contribution in [3.8, 4) is 0 Å². The molecule has 0 aliphatic heterocycles. The second-order valence-corrected chi connectivity index (χ2v) is 9.90. The quantitative estimate of drug-likeness (QED) is 0.643. The minimum Gasteiger partial charge on any atom is -0.305 e. The van der Waals surface area contributed by atoms with Gasteiger partial charge in [0.25, 0.3) is 15.9 Å². The van der Waals surface area contributed by atoms with Gasteiger partial charge < -0.3 is 5.32 Å². The fourth-order valence-electron chi connectivity index (χ4n) is 2.96. The number of amides is 1. The number of nitrogens with zero attached hydrogens (tertiary/aromatic N) is 2. The van der Waals surface area contributed by atoms with Gasteiger partial charge in [-0.05, 0) is 47.7 Å². The lowest BCUT2D eigenvalue weighted by Crippen LogP contribution is -2.18. The molecular formula is C22H26N4O3S. The molecule has 1 amide bonds. The van der Waals surface area contributed by atoms with Crippen LogP contribution in [0.2, 0.25) is 0 Å². The molecule has 30 heavy (non-hydrogen) atoms. The summed E-state index contributed by atoms with van der Waals surface area (Å²) in [5, 5.41) is 6.79. The van der Waals surface area contributed by atoms with Crippen LogP contribution in [0.3, 0.4) is 0 Å². The molecule has 3 aromatic rings. The van der Waals surface area contributed by atoms with Gasteiger partial charge in [0.2, 0.25) is 0 Å². The number of benzene rings is 2. The average Bonchev–Trinajstić information content (AvgIpc) is 3.05. The first-order valence-electron chi connectivity index (χ1n) is 9.51. The Bertz CT molecular complexity index is 1190. The van der Waals surface area contributed by atoms with Crippen molar-refractivity contribution in [2.75, 3.05) is 10.0 Å². The summed E-state index contributed by atoms with van der Waals surface area (Å²) in [4.78, 5) is 12.7. The molecule has 0 atom stereocenters. The Morgan fingerprint density at radius 3 is 2.43 bits per heavy atom. The van der Waals surface area contributed by atoms with Gasteiger partial charge in [0.1, 0.15) is 0 Å². The van der Waals surface area contributed by atoms with E-state index in [0.717, 1.165) is 5.56 Å². The van der Waals surface area contributed by atoms with E-state index in [-0.39, 0.29) is 16.2 Å². The lowest BCUT2D eigenvalue weighted by Gasteiger charge is -2.21. The smallest absolute Gasteiger partial charge is 0.262 e. The largest absolute Gasteiger partial charge is 0.305 e. The van der Waals surface area contributed by atoms with Crippen molar-refractivity contribution in [2.24, 2.45) is 7.05 Å². The van der Waals surface area contributed by atoms with Crippen LogP contribution in [0.5, 0.6) is 0 Å². The second-order valence-electron chi connectivity index (χ2n) is 8.25. The third-order valence-electron chi connectivity index (χ3n) is 4.68. The summed E-state index contributed by atoms with van der Waals surface area (Å²) in [7, 11) is -2.07. The number of aryl methyl sites for hydroxylation is 2. The van der Waals surface area contributed by atoms with E-state index in [0.29, 0.717) is 22.6 Å². The van der Waals surface area contributed by atoms with Crippen molar-refractivity contribution in [2.45, 2.75) is 38.0 Å². The predicted molar refractivity (Wildman–Crippen MR) is 118 cm³/mol. The minimum atomic E-state index is -3.82. The number of hydrogen-bond donors (Lipinski definition) is 2. The molecule has 0 aliphatic rings. The van der Waals surface area contributed by atoms with Gasteiger partial charge in [-0.25, -0.2) is 8.42 Å². The Morgan fingerprint density at radius 2 is 1.80 bits per heavy atom. The Hall–Kier alpha value is -3.13. The fraction of sp³-hybridized carbons (Fsp3) is 0.273. The lowest BCUT2D eigenvalue weighted by atomic mass is 9.87. The van der Waals surface area contributed by atoms with Crippen molar-refractivity contribution in [3.05, 3.63) is 71.4 Å². The van der Waals surface area contributed by atoms with Crippen LogP contribution in [0, 0.1) is 6.92 Å². The number of hydrogen-bond acceptors (Lipinski definition) is 4. The highest BCUT2D eigenvalue weighted by Crippen LogP contribution is 2.28. The van der Waals surface area contributed by atoms with Gasteiger partial charge in [0, 0.05) is 30.6 Å². The zero-order chi connectivity index (χ0) is 22.1. The van der Waals surface area contributed by atoms with E-state index in [1.807, 2.05) is 32.9 Å². The van der Waals surface area contributed by atoms with Crippen LogP contribution in [0.15, 0.2) is 59.6 Å². The number of carbonyl (C=O) groups excluding carboxylic acids is 1. The van der Waals surface area contributed by atoms with E-state index in [1.165, 1.54) is 6.07 Å². The van der Waals surface area contributed by atoms with E-state index in [4.69, 9.17) is 0 Å². The molecule has 7 nitrogen and oxygen atoms in total. The molecule has 0 bridgehead atoms. The molecule has 0 saturated carbocycles. The topological polar surface area (TPSA) is 93.1 Å². The molecule has 0 unspecified atom stereocenters. The summed E-state index contributed by atoms with van der Waals surface area (Å²) in [5.41, 5.74) is 2.03. The van der Waals surface area contributed by atoms with Gasteiger partial charge in [0.05, 0.1) is 4.90 Å². The summed E-state index contributed by atoms with van der Waals surface area (Å²) in [5.74, 6) is 0.0452. The summed E-state index contributed by atoms with van der Waals surface area (Å²) < 4.78 is 30.3. The van der Waals surface area contributed by atoms with E-state index < -0.39 is 10.0 Å². The summed E-state index contributed by atoms with van der Waals surface area (Å²) >= 11 is 0. The number of aromatic nitrogens is 2. The molecule has 0 saturated heterocycles. The normalized spacial score (nSPS) is 11.9. The Balaban J connectivity index is 1.86. The maximum atomic E-state index is 13.1. The molecule has 158 valence electrons. The van der Waals surface area contributed by atoms with Crippen molar-refractivity contribution in [1.29, 1.82) is 0 Å². The van der Waals surface area contributed by atoms with Gasteiger partial charge in [0.15, 0.2) is 5.82 Å². The molecule has 2 N–H and O–H groups in total. The van der Waals surface area contributed by atoms with Crippen LogP contribution in [-0.2, 0) is 22.5 Å². The molecule has 0 spiro atoms. The van der Waals surface area contributed by atoms with Crippen molar-refractivity contribution < 1.29 is 13.2 Å². The molecule has 8 heteroatoms. The summed E-state index contributed by atoms with van der Waals surface area (Å²) in [6.07, 6.45) is 1.72. The number of carbonyl (C=O) groups is 1. The first kappa shape index (κ1) is 21.6. The van der Waals surface area contributed by atoms with Gasteiger partial charge in [-0.2, -0.15) is 5.10 Å². The maximum Gasteiger partial charge on any atom is 0.262 e. The van der Waals surface area contributed by atoms with Crippen molar-refractivity contribution in [1.82, 2.24) is 9.78 Å². The van der Waals surface area contributed by atoms with E-state index >= 15 is 0 Å². The molecule has 3 rings (SSSR count). The molecule has 0 aliphatic carbocycles. The average molecular weight is 427 g/mol. The van der Waals surface area contributed by atoms with Crippen molar-refractivity contribution in [3.63, 3.8) is 0 Å². The number of rotatable bonds is 5. The number of sulfonamides is 1. The molecule has 1 heterocycles. The summed E-state index contributed by atoms with van der Waals surface area (Å²) in [6, 6.07) is 13.5. The highest BCUT2D eigenvalue weighted by atomic mass is 32.2. The fourth-order valence-corrected chi connectivity index (χ4v) is 4.28. The standard InChI is InChI=1S/C22H26N4O3S/c1-15-9-10-17(22(2,3)4)14-19(15)30(28,29)25-18-8-6-7-16(13-18)21(27)23-20-11-12-26(5)24-20/h6-14,25H,1-5H3,(H,23,24,27). The highest BCUT2D eigenvalue weighted by molar-refractivity contribution is 7.92. The SMILES string of the molecule is Cc1ccc(C(C)(C)C)cc1S(=O)(=O)Nc1cccc(C(=O)Nc2ccn(C)n2)c1. The van der Waals surface area contributed by atoms with Crippen LogP contribution >= 0.6 is 0 Å². The first-order chi connectivity index (χ1) is 14.0. The molecule has 2 aromatic carbocycles. The second kappa shape index (κ2) is 7.95. The third-order valence-corrected chi connectivity index (χ3v) is 6.20. The first-order valence-corrected chi connectivity index (χ1v) is 11.0. The minimum absolute atomic E-state index is 0.179. The number of nitrogens with one attached hydrogen (secondary N) is 2. The van der Waals surface area contributed by atoms with Gasteiger partial charge in [-0.15, -0.1) is 0 Å². The highest BCUT2D eigenvalue weighted by Gasteiger charge is 2.22. The van der Waals surface area contributed by atoms with Gasteiger partial charge in [-0.1, -0.05) is 39.0 Å². The van der Waals surface area contributed by atoms with Gasteiger partial charge in [-0.3, -0.25) is 14.2 Å². The Labute approximate surface area is 177 Å². The van der Waals surface area contributed by atoms with E-state index in [9.17, 15) is 13.2 Å². The Kier molecular flexibility index (Phi) is 5.72. The zero-order valence-electron chi connectivity index (χ0n) is 17.7. The Morgan fingerprint density at radius 1 is 1.07 bits per heavy atom. The monoisotopic (exact) mass is 426 g/mol. The molecule has 1 aromatic heterocycles. The van der Waals surface area contributed by atoms with Crippen LogP contribution in [0.25, 0.3) is 0 Å². The van der Waals surface area contributed by atoms with E-state index in [1.54, 1.807) is 55.2 Å². The maximum absolute atomic E-state index is 13.1.